The van der Waals surface area contributed by atoms with E-state index in [9.17, 15) is 4.79 Å². The molecule has 1 aliphatic carbocycles. The van der Waals surface area contributed by atoms with Gasteiger partial charge in [-0.05, 0) is 31.1 Å². The van der Waals surface area contributed by atoms with Gasteiger partial charge in [0.2, 0.25) is 5.91 Å². The molecule has 1 amide bonds. The maximum atomic E-state index is 11.4. The minimum Gasteiger partial charge on any atom is -0.353 e. The molecule has 1 aliphatic heterocycles. The minimum absolute atomic E-state index is 0.272. The number of carbonyl (C=O) groups excluding carboxylic acids is 1. The summed E-state index contributed by atoms with van der Waals surface area (Å²) in [6.45, 7) is 4.46. The molecule has 0 aromatic rings. The van der Waals surface area contributed by atoms with Crippen molar-refractivity contribution in [3.63, 3.8) is 0 Å². The van der Waals surface area contributed by atoms with Crippen molar-refractivity contribution in [2.24, 2.45) is 11.3 Å². The van der Waals surface area contributed by atoms with E-state index in [1.807, 2.05) is 0 Å². The van der Waals surface area contributed by atoms with Crippen molar-refractivity contribution in [1.82, 2.24) is 5.32 Å². The predicted octanol–water partition coefficient (Wildman–Crippen LogP) is 2.48. The summed E-state index contributed by atoms with van der Waals surface area (Å²) < 4.78 is 0. The fourth-order valence-corrected chi connectivity index (χ4v) is 3.34. The van der Waals surface area contributed by atoms with Crippen LogP contribution in [0.1, 0.15) is 52.4 Å². The Bertz CT molecular complexity index is 238. The molecule has 2 heteroatoms. The third-order valence-corrected chi connectivity index (χ3v) is 4.37. The second kappa shape index (κ2) is 3.56. The van der Waals surface area contributed by atoms with Crippen LogP contribution in [0.15, 0.2) is 0 Å². The fourth-order valence-electron chi connectivity index (χ4n) is 3.34. The Hall–Kier alpha value is -0.530. The van der Waals surface area contributed by atoms with Crippen LogP contribution in [0.5, 0.6) is 0 Å². The molecule has 2 aliphatic rings. The number of amides is 1. The molecule has 1 heterocycles. The van der Waals surface area contributed by atoms with Gasteiger partial charge in [0, 0.05) is 12.5 Å². The molecule has 14 heavy (non-hydrogen) atoms. The molecule has 0 bridgehead atoms. The van der Waals surface area contributed by atoms with Crippen LogP contribution in [0.3, 0.4) is 0 Å². The van der Waals surface area contributed by atoms with Crippen LogP contribution in [0.2, 0.25) is 0 Å². The molecule has 2 nitrogen and oxygen atoms in total. The second-order valence-corrected chi connectivity index (χ2v) is 5.20. The lowest BCUT2D eigenvalue weighted by Crippen LogP contribution is -2.38. The van der Waals surface area contributed by atoms with Gasteiger partial charge in [-0.1, -0.05) is 26.2 Å². The van der Waals surface area contributed by atoms with Crippen molar-refractivity contribution in [3.05, 3.63) is 0 Å². The topological polar surface area (TPSA) is 29.1 Å². The van der Waals surface area contributed by atoms with Crippen molar-refractivity contribution in [3.8, 4) is 0 Å². The van der Waals surface area contributed by atoms with Crippen LogP contribution >= 0.6 is 0 Å². The average Bonchev–Trinajstić information content (AvgIpc) is 2.42. The van der Waals surface area contributed by atoms with Gasteiger partial charge >= 0.3 is 0 Å². The van der Waals surface area contributed by atoms with Crippen LogP contribution in [-0.2, 0) is 4.79 Å². The van der Waals surface area contributed by atoms with E-state index in [1.165, 1.54) is 32.1 Å². The van der Waals surface area contributed by atoms with Crippen LogP contribution < -0.4 is 5.32 Å². The molecule has 2 fully saturated rings. The van der Waals surface area contributed by atoms with Gasteiger partial charge in [-0.25, -0.2) is 0 Å². The Labute approximate surface area is 86.5 Å². The van der Waals surface area contributed by atoms with E-state index in [2.05, 4.69) is 19.2 Å². The first-order chi connectivity index (χ1) is 6.66. The molecule has 1 saturated carbocycles. The maximum absolute atomic E-state index is 11.4. The highest BCUT2D eigenvalue weighted by Crippen LogP contribution is 2.47. The highest BCUT2D eigenvalue weighted by Gasteiger charge is 2.46. The van der Waals surface area contributed by atoms with Crippen LogP contribution in [0.25, 0.3) is 0 Å². The van der Waals surface area contributed by atoms with E-state index in [0.29, 0.717) is 11.5 Å². The summed E-state index contributed by atoms with van der Waals surface area (Å²) in [7, 11) is 0. The second-order valence-electron chi connectivity index (χ2n) is 5.20. The third kappa shape index (κ3) is 1.55. The first-order valence-electron chi connectivity index (χ1n) is 5.95. The average molecular weight is 195 g/mol. The van der Waals surface area contributed by atoms with Crippen molar-refractivity contribution < 1.29 is 4.79 Å². The molecule has 0 radical (unpaired) electrons. The monoisotopic (exact) mass is 195 g/mol. The van der Waals surface area contributed by atoms with Gasteiger partial charge in [0.15, 0.2) is 0 Å². The molecular weight excluding hydrogens is 174 g/mol. The number of hydrogen-bond acceptors (Lipinski definition) is 1. The molecule has 1 spiro atoms. The molecule has 3 atom stereocenters. The highest BCUT2D eigenvalue weighted by molar-refractivity contribution is 5.79. The summed E-state index contributed by atoms with van der Waals surface area (Å²) in [6, 6.07) is 0.407. The van der Waals surface area contributed by atoms with Gasteiger partial charge in [-0.3, -0.25) is 4.79 Å². The quantitative estimate of drug-likeness (QED) is 0.684. The molecule has 1 N–H and O–H groups in total. The Balaban J connectivity index is 2.11. The zero-order chi connectivity index (χ0) is 10.2. The third-order valence-electron chi connectivity index (χ3n) is 4.37. The standard InChI is InChI=1S/C12H21NO/c1-3-10-5-4-6-12(7-10)8-11(14)13-9(12)2/h9-10H,3-8H2,1-2H3,(H,13,14). The maximum Gasteiger partial charge on any atom is 0.220 e. The summed E-state index contributed by atoms with van der Waals surface area (Å²) in [6.07, 6.45) is 7.27. The molecule has 80 valence electrons. The summed E-state index contributed by atoms with van der Waals surface area (Å²) in [5.74, 6) is 1.13. The molecular formula is C12H21NO. The number of nitrogens with one attached hydrogen (secondary N) is 1. The summed E-state index contributed by atoms with van der Waals surface area (Å²) in [5.41, 5.74) is 0.315. The van der Waals surface area contributed by atoms with Crippen LogP contribution in [0, 0.1) is 11.3 Å². The van der Waals surface area contributed by atoms with E-state index in [0.717, 1.165) is 12.3 Å². The zero-order valence-electron chi connectivity index (χ0n) is 9.31. The Morgan fingerprint density at radius 2 is 2.36 bits per heavy atom. The largest absolute Gasteiger partial charge is 0.353 e. The van der Waals surface area contributed by atoms with E-state index >= 15 is 0 Å². The Morgan fingerprint density at radius 3 is 2.93 bits per heavy atom. The zero-order valence-corrected chi connectivity index (χ0v) is 9.31. The molecule has 1 saturated heterocycles. The van der Waals surface area contributed by atoms with Crippen LogP contribution in [0.4, 0.5) is 0 Å². The van der Waals surface area contributed by atoms with E-state index < -0.39 is 0 Å². The lowest BCUT2D eigenvalue weighted by molar-refractivity contribution is -0.119. The SMILES string of the molecule is CCC1CCCC2(CC(=O)NC2C)C1. The molecule has 0 aromatic carbocycles. The Morgan fingerprint density at radius 1 is 1.57 bits per heavy atom. The summed E-state index contributed by atoms with van der Waals surface area (Å²) >= 11 is 0. The summed E-state index contributed by atoms with van der Waals surface area (Å²) in [4.78, 5) is 11.4. The predicted molar refractivity (Wildman–Crippen MR) is 56.9 cm³/mol. The van der Waals surface area contributed by atoms with Crippen molar-refractivity contribution in [2.75, 3.05) is 0 Å². The number of carbonyl (C=O) groups is 1. The van der Waals surface area contributed by atoms with Gasteiger partial charge in [-0.2, -0.15) is 0 Å². The van der Waals surface area contributed by atoms with E-state index in [4.69, 9.17) is 0 Å². The first kappa shape index (κ1) is 10.0. The first-order valence-corrected chi connectivity index (χ1v) is 5.95. The van der Waals surface area contributed by atoms with Gasteiger partial charge in [-0.15, -0.1) is 0 Å². The molecule has 2 rings (SSSR count). The van der Waals surface area contributed by atoms with Gasteiger partial charge in [0.1, 0.15) is 0 Å². The normalized spacial score (nSPS) is 42.9. The molecule has 0 aromatic heterocycles. The Kier molecular flexibility index (Phi) is 2.54. The van der Waals surface area contributed by atoms with Crippen molar-refractivity contribution in [2.45, 2.75) is 58.4 Å². The van der Waals surface area contributed by atoms with Gasteiger partial charge < -0.3 is 5.32 Å². The fraction of sp³-hybridized carbons (Fsp3) is 0.917. The lowest BCUT2D eigenvalue weighted by Gasteiger charge is -2.40. The minimum atomic E-state index is 0.272. The van der Waals surface area contributed by atoms with Gasteiger partial charge in [0.25, 0.3) is 0 Å². The van der Waals surface area contributed by atoms with Crippen molar-refractivity contribution >= 4 is 5.91 Å². The number of rotatable bonds is 1. The smallest absolute Gasteiger partial charge is 0.220 e. The molecule has 3 unspecified atom stereocenters. The van der Waals surface area contributed by atoms with E-state index in [1.54, 1.807) is 0 Å². The lowest BCUT2D eigenvalue weighted by atomic mass is 9.65. The van der Waals surface area contributed by atoms with Crippen molar-refractivity contribution in [1.29, 1.82) is 0 Å². The summed E-state index contributed by atoms with van der Waals surface area (Å²) in [5, 5.41) is 3.08. The number of hydrogen-bond donors (Lipinski definition) is 1. The van der Waals surface area contributed by atoms with Gasteiger partial charge in [0.05, 0.1) is 0 Å². The van der Waals surface area contributed by atoms with Crippen LogP contribution in [-0.4, -0.2) is 11.9 Å². The highest BCUT2D eigenvalue weighted by atomic mass is 16.2. The van der Waals surface area contributed by atoms with E-state index in [-0.39, 0.29) is 5.91 Å².